The Hall–Kier alpha value is -2.78. The Morgan fingerprint density at radius 3 is 2.37 bits per heavy atom. The highest BCUT2D eigenvalue weighted by Crippen LogP contribution is 2.35. The molecule has 2 heterocycles. The number of esters is 1. The Labute approximate surface area is 173 Å². The topological polar surface area (TPSA) is 103 Å². The third kappa shape index (κ3) is 4.36. The first kappa shape index (κ1) is 20.5. The number of carbonyl (C=O) groups is 2. The van der Waals surface area contributed by atoms with Gasteiger partial charge in [0.05, 0.1) is 12.2 Å². The molecule has 1 amide bonds. The molecule has 0 bridgehead atoms. The van der Waals surface area contributed by atoms with Gasteiger partial charge in [-0.1, -0.05) is 48.5 Å². The molecule has 2 saturated heterocycles. The number of hydrogen-bond donors (Lipinski definition) is 2. The molecule has 0 radical (unpaired) electrons. The summed E-state index contributed by atoms with van der Waals surface area (Å²) in [7, 11) is 0. The van der Waals surface area contributed by atoms with Gasteiger partial charge in [-0.3, -0.25) is 4.79 Å². The largest absolute Gasteiger partial charge is 0.453 e. The summed E-state index contributed by atoms with van der Waals surface area (Å²) in [6, 6.07) is 16.8. The highest BCUT2D eigenvalue weighted by atomic mass is 16.7. The number of fused-ring (bicyclic) bond motifs is 1. The second kappa shape index (κ2) is 8.93. The van der Waals surface area contributed by atoms with Crippen molar-refractivity contribution in [3.05, 3.63) is 71.8 Å². The lowest BCUT2D eigenvalue weighted by molar-refractivity contribution is -0.337. The normalized spacial score (nSPS) is 30.7. The number of aliphatic hydroxyl groups excluding tert-OH is 1. The van der Waals surface area contributed by atoms with Crippen LogP contribution in [0.2, 0.25) is 0 Å². The van der Waals surface area contributed by atoms with Crippen molar-refractivity contribution < 1.29 is 33.6 Å². The van der Waals surface area contributed by atoms with Crippen molar-refractivity contribution in [2.24, 2.45) is 0 Å². The van der Waals surface area contributed by atoms with Crippen molar-refractivity contribution in [1.82, 2.24) is 5.32 Å². The van der Waals surface area contributed by atoms with Crippen LogP contribution < -0.4 is 5.32 Å². The molecule has 2 N–H and O–H groups in total. The Bertz CT molecular complexity index is 876. The highest BCUT2D eigenvalue weighted by Gasteiger charge is 2.52. The van der Waals surface area contributed by atoms with Crippen LogP contribution in [0.25, 0.3) is 0 Å². The van der Waals surface area contributed by atoms with Crippen molar-refractivity contribution >= 4 is 11.9 Å². The summed E-state index contributed by atoms with van der Waals surface area (Å²) in [6.45, 7) is 1.44. The molecule has 8 heteroatoms. The van der Waals surface area contributed by atoms with E-state index in [1.54, 1.807) is 30.3 Å². The molecule has 0 aromatic heterocycles. The fourth-order valence-corrected chi connectivity index (χ4v) is 3.66. The van der Waals surface area contributed by atoms with Crippen LogP contribution in [0.15, 0.2) is 60.7 Å². The molecule has 2 fully saturated rings. The predicted molar refractivity (Wildman–Crippen MR) is 104 cm³/mol. The molecule has 2 aliphatic heterocycles. The Kier molecular flexibility index (Phi) is 6.10. The average Bonchev–Trinajstić information content (AvgIpc) is 2.77. The number of amides is 1. The van der Waals surface area contributed by atoms with Crippen molar-refractivity contribution in [1.29, 1.82) is 0 Å². The van der Waals surface area contributed by atoms with Crippen molar-refractivity contribution in [3.63, 3.8) is 0 Å². The van der Waals surface area contributed by atoms with E-state index in [-0.39, 0.29) is 6.61 Å². The lowest BCUT2D eigenvalue weighted by atomic mass is 9.95. The molecular formula is C22H23NO7. The number of nitrogens with one attached hydrogen (secondary N) is 1. The summed E-state index contributed by atoms with van der Waals surface area (Å²) in [4.78, 5) is 24.5. The standard InChI is InChI=1S/C22H23NO7/c1-13(24)23-17-19(29-20(25)14-8-4-2-5-9-14)18-16(28-21(17)26)12-27-22(30-18)15-10-6-3-7-11-15/h2-11,16-19,21-22,26H,12H2,1H3,(H,23,24)/t16-,17-,18+,19-,21+,22+/m1/s1. The van der Waals surface area contributed by atoms with Gasteiger partial charge in [0.25, 0.3) is 0 Å². The molecule has 30 heavy (non-hydrogen) atoms. The number of hydrogen-bond acceptors (Lipinski definition) is 7. The summed E-state index contributed by atoms with van der Waals surface area (Å²) >= 11 is 0. The van der Waals surface area contributed by atoms with Crippen LogP contribution in [0, 0.1) is 0 Å². The molecule has 2 aliphatic rings. The fourth-order valence-electron chi connectivity index (χ4n) is 3.66. The maximum absolute atomic E-state index is 12.7. The summed E-state index contributed by atoms with van der Waals surface area (Å²) in [6.07, 6.45) is -4.48. The summed E-state index contributed by atoms with van der Waals surface area (Å²) in [5.74, 6) is -0.983. The van der Waals surface area contributed by atoms with E-state index in [9.17, 15) is 14.7 Å². The van der Waals surface area contributed by atoms with Crippen molar-refractivity contribution in [2.75, 3.05) is 6.61 Å². The third-order valence-electron chi connectivity index (χ3n) is 5.05. The Morgan fingerprint density at radius 1 is 1.03 bits per heavy atom. The number of carbonyl (C=O) groups excluding carboxylic acids is 2. The lowest BCUT2D eigenvalue weighted by Crippen LogP contribution is -2.67. The second-order valence-electron chi connectivity index (χ2n) is 7.20. The maximum Gasteiger partial charge on any atom is 0.338 e. The molecule has 0 saturated carbocycles. The van der Waals surface area contributed by atoms with Crippen LogP contribution >= 0.6 is 0 Å². The van der Waals surface area contributed by atoms with E-state index in [0.717, 1.165) is 5.56 Å². The van der Waals surface area contributed by atoms with Crippen LogP contribution in [0.3, 0.4) is 0 Å². The number of ether oxygens (including phenoxy) is 4. The van der Waals surface area contributed by atoms with E-state index >= 15 is 0 Å². The third-order valence-corrected chi connectivity index (χ3v) is 5.05. The first-order valence-corrected chi connectivity index (χ1v) is 9.71. The molecule has 8 nitrogen and oxygen atoms in total. The fraction of sp³-hybridized carbons (Fsp3) is 0.364. The molecule has 6 atom stereocenters. The summed E-state index contributed by atoms with van der Waals surface area (Å²) in [5.41, 5.74) is 1.15. The highest BCUT2D eigenvalue weighted by molar-refractivity contribution is 5.89. The first-order chi connectivity index (χ1) is 14.5. The van der Waals surface area contributed by atoms with Crippen LogP contribution in [-0.2, 0) is 23.7 Å². The smallest absolute Gasteiger partial charge is 0.338 e. The van der Waals surface area contributed by atoms with Gasteiger partial charge in [0.1, 0.15) is 18.2 Å². The zero-order chi connectivity index (χ0) is 21.1. The molecule has 2 aromatic carbocycles. The number of rotatable bonds is 4. The Morgan fingerprint density at radius 2 is 1.70 bits per heavy atom. The number of aliphatic hydroxyl groups is 1. The maximum atomic E-state index is 12.7. The van der Waals surface area contributed by atoms with Gasteiger partial charge >= 0.3 is 5.97 Å². The molecule has 4 rings (SSSR count). The van der Waals surface area contributed by atoms with Gasteiger partial charge in [-0.2, -0.15) is 0 Å². The zero-order valence-corrected chi connectivity index (χ0v) is 16.3. The second-order valence-corrected chi connectivity index (χ2v) is 7.20. The van der Waals surface area contributed by atoms with Crippen LogP contribution in [0.5, 0.6) is 0 Å². The minimum absolute atomic E-state index is 0.132. The van der Waals surface area contributed by atoms with Gasteiger partial charge in [0, 0.05) is 12.5 Å². The van der Waals surface area contributed by atoms with Gasteiger partial charge < -0.3 is 29.4 Å². The molecule has 0 aliphatic carbocycles. The van der Waals surface area contributed by atoms with E-state index < -0.39 is 48.8 Å². The minimum atomic E-state index is -1.39. The van der Waals surface area contributed by atoms with Crippen LogP contribution in [0.1, 0.15) is 29.1 Å². The lowest BCUT2D eigenvalue weighted by Gasteiger charge is -2.47. The SMILES string of the molecule is CC(=O)N[C@@H]1[C@@H](OC(=O)c2ccccc2)[C@H]2O[C@@H](c3ccccc3)OC[C@H]2O[C@@H]1O. The van der Waals surface area contributed by atoms with E-state index in [1.165, 1.54) is 6.92 Å². The monoisotopic (exact) mass is 413 g/mol. The predicted octanol–water partition coefficient (Wildman–Crippen LogP) is 1.55. The van der Waals surface area contributed by atoms with Crippen LogP contribution in [0.4, 0.5) is 0 Å². The van der Waals surface area contributed by atoms with Crippen molar-refractivity contribution in [3.8, 4) is 0 Å². The van der Waals surface area contributed by atoms with E-state index in [0.29, 0.717) is 5.56 Å². The molecular weight excluding hydrogens is 390 g/mol. The molecule has 2 aromatic rings. The molecule has 158 valence electrons. The van der Waals surface area contributed by atoms with Gasteiger partial charge in [0.2, 0.25) is 5.91 Å². The first-order valence-electron chi connectivity index (χ1n) is 9.71. The molecule has 0 unspecified atom stereocenters. The van der Waals surface area contributed by atoms with Gasteiger partial charge in [-0.15, -0.1) is 0 Å². The molecule has 0 spiro atoms. The minimum Gasteiger partial charge on any atom is -0.453 e. The zero-order valence-electron chi connectivity index (χ0n) is 16.3. The van der Waals surface area contributed by atoms with E-state index in [1.807, 2.05) is 30.3 Å². The Balaban J connectivity index is 1.61. The number of benzene rings is 2. The summed E-state index contributed by atoms with van der Waals surface area (Å²) in [5, 5.41) is 13.1. The van der Waals surface area contributed by atoms with Gasteiger partial charge in [-0.25, -0.2) is 4.79 Å². The average molecular weight is 413 g/mol. The quantitative estimate of drug-likeness (QED) is 0.733. The van der Waals surface area contributed by atoms with Crippen LogP contribution in [-0.4, -0.2) is 54.2 Å². The van der Waals surface area contributed by atoms with E-state index in [4.69, 9.17) is 18.9 Å². The van der Waals surface area contributed by atoms with E-state index in [2.05, 4.69) is 5.32 Å². The van der Waals surface area contributed by atoms with Gasteiger partial charge in [-0.05, 0) is 12.1 Å². The van der Waals surface area contributed by atoms with Gasteiger partial charge in [0.15, 0.2) is 18.7 Å². The van der Waals surface area contributed by atoms with Crippen molar-refractivity contribution in [2.45, 2.75) is 43.9 Å². The summed E-state index contributed by atoms with van der Waals surface area (Å²) < 4.78 is 23.2.